The number of halogens is 3. The maximum Gasteiger partial charge on any atom is 0.762 e. The van der Waals surface area contributed by atoms with E-state index in [1.165, 1.54) is 6.42 Å². The van der Waals surface area contributed by atoms with Crippen LogP contribution >= 0.6 is 0 Å². The van der Waals surface area contributed by atoms with Crippen molar-refractivity contribution in [3.63, 3.8) is 0 Å². The molecule has 0 saturated carbocycles. The number of hydrogen-bond acceptors (Lipinski definition) is 2. The third kappa shape index (κ3) is 10.7. The summed E-state index contributed by atoms with van der Waals surface area (Å²) in [5, 5.41) is 0. The SMILES string of the molecule is CC(C)(C)OC(=O)N1CCC[CH]([K])C1.FB(F)F. The van der Waals surface area contributed by atoms with Gasteiger partial charge in [-0.05, 0) is 0 Å². The Morgan fingerprint density at radius 1 is 1.39 bits per heavy atom. The molecule has 3 nitrogen and oxygen atoms in total. The predicted molar refractivity (Wildman–Crippen MR) is 65.6 cm³/mol. The fraction of sp³-hybridized carbons (Fsp3) is 0.900. The Morgan fingerprint density at radius 3 is 2.28 bits per heavy atom. The van der Waals surface area contributed by atoms with Crippen LogP contribution in [0, 0.1) is 0 Å². The Balaban J connectivity index is 0.000000631. The number of piperidine rings is 1. The van der Waals surface area contributed by atoms with Gasteiger partial charge < -0.3 is 0 Å². The molecule has 1 saturated heterocycles. The molecule has 1 unspecified atom stereocenters. The predicted octanol–water partition coefficient (Wildman–Crippen LogP) is 2.85. The zero-order valence-electron chi connectivity index (χ0n) is 11.4. The van der Waals surface area contributed by atoms with Gasteiger partial charge in [0.05, 0.1) is 0 Å². The van der Waals surface area contributed by atoms with Crippen molar-refractivity contribution in [3.05, 3.63) is 0 Å². The smallest absolute Gasteiger partial charge is 0.254 e. The zero-order valence-corrected chi connectivity index (χ0v) is 14.5. The maximum atomic E-state index is 11.7. The van der Waals surface area contributed by atoms with Crippen LogP contribution in [0.15, 0.2) is 0 Å². The van der Waals surface area contributed by atoms with Gasteiger partial charge in [0.15, 0.2) is 0 Å². The minimum absolute atomic E-state index is 0.133. The van der Waals surface area contributed by atoms with E-state index in [2.05, 4.69) is 0 Å². The van der Waals surface area contributed by atoms with E-state index in [0.29, 0.717) is 0 Å². The third-order valence-corrected chi connectivity index (χ3v) is 3.78. The molecule has 0 radical (unpaired) electrons. The van der Waals surface area contributed by atoms with Crippen LogP contribution in [0.4, 0.5) is 17.7 Å². The molecule has 8 heteroatoms. The first-order valence-corrected chi connectivity index (χ1v) is 7.82. The average molecular weight is 291 g/mol. The molecule has 1 aliphatic heterocycles. The molecule has 0 N–H and O–H groups in total. The normalized spacial score (nSPS) is 19.8. The van der Waals surface area contributed by atoms with Crippen LogP contribution in [0.1, 0.15) is 33.6 Å². The summed E-state index contributed by atoms with van der Waals surface area (Å²) in [5.74, 6) is 0. The van der Waals surface area contributed by atoms with Gasteiger partial charge in [-0.25, -0.2) is 0 Å². The van der Waals surface area contributed by atoms with Crippen molar-refractivity contribution < 1.29 is 22.5 Å². The van der Waals surface area contributed by atoms with Gasteiger partial charge in [0.25, 0.3) is 0 Å². The van der Waals surface area contributed by atoms with Crippen LogP contribution in [0.5, 0.6) is 0 Å². The first-order valence-electron chi connectivity index (χ1n) is 6.02. The van der Waals surface area contributed by atoms with Gasteiger partial charge in [-0.1, -0.05) is 0 Å². The van der Waals surface area contributed by atoms with Gasteiger partial charge in [0.2, 0.25) is 0 Å². The van der Waals surface area contributed by atoms with Gasteiger partial charge in [0.1, 0.15) is 0 Å². The minimum atomic E-state index is -3.67. The van der Waals surface area contributed by atoms with Crippen LogP contribution in [-0.2, 0) is 4.74 Å². The molecule has 1 aliphatic rings. The molecule has 0 aromatic rings. The second-order valence-electron chi connectivity index (χ2n) is 5.42. The Bertz CT molecular complexity index is 261. The molecule has 0 aliphatic carbocycles. The second-order valence-corrected chi connectivity index (χ2v) is 7.97. The summed E-state index contributed by atoms with van der Waals surface area (Å²) in [7, 11) is -3.67. The van der Waals surface area contributed by atoms with Crippen molar-refractivity contribution in [2.24, 2.45) is 0 Å². The summed E-state index contributed by atoms with van der Waals surface area (Å²) in [4.78, 5) is 13.5. The fourth-order valence-corrected chi connectivity index (χ4v) is 3.01. The first-order chi connectivity index (χ1) is 8.11. The van der Waals surface area contributed by atoms with E-state index in [1.807, 2.05) is 25.7 Å². The van der Waals surface area contributed by atoms with Crippen LogP contribution in [0.2, 0.25) is 0.0125 Å². The Morgan fingerprint density at radius 2 is 1.89 bits per heavy atom. The standard InChI is InChI=1S/C10H18NO2.BF3.K/c1-10(2,3)13-9(12)11-7-5-4-6-8-11;2-1(3)4;/h5H,4,6-8H2,1-3H3;;. The molecule has 1 rings (SSSR count). The third-order valence-electron chi connectivity index (χ3n) is 2.31. The number of carbonyl (C=O) groups is 1. The van der Waals surface area contributed by atoms with Crippen LogP contribution in [0.3, 0.4) is 0 Å². The number of carbonyl (C=O) groups excluding carboxylic acids is 1. The van der Waals surface area contributed by atoms with E-state index in [4.69, 9.17) is 4.74 Å². The summed E-state index contributed by atoms with van der Waals surface area (Å²) in [6, 6.07) is 0. The van der Waals surface area contributed by atoms with Crippen molar-refractivity contribution >= 4 is 62.6 Å². The van der Waals surface area contributed by atoms with Crippen LogP contribution < -0.4 is 0 Å². The number of amides is 1. The van der Waals surface area contributed by atoms with Crippen molar-refractivity contribution in [2.75, 3.05) is 13.1 Å². The molecule has 18 heavy (non-hydrogen) atoms. The molecule has 1 heterocycles. The van der Waals surface area contributed by atoms with E-state index < -0.39 is 7.54 Å². The summed E-state index contributed by atoms with van der Waals surface area (Å²) in [6.45, 7) is 7.54. The average Bonchev–Trinajstić information content (AvgIpc) is 2.14. The van der Waals surface area contributed by atoms with E-state index in [0.717, 1.165) is 68.5 Å². The van der Waals surface area contributed by atoms with Crippen LogP contribution in [0.25, 0.3) is 0 Å². The van der Waals surface area contributed by atoms with Gasteiger partial charge >= 0.3 is 129 Å². The van der Waals surface area contributed by atoms with Crippen molar-refractivity contribution in [2.45, 2.75) is 39.2 Å². The summed E-state index contributed by atoms with van der Waals surface area (Å²) in [5.41, 5.74) is -0.362. The topological polar surface area (TPSA) is 29.5 Å². The van der Waals surface area contributed by atoms with Crippen molar-refractivity contribution in [1.82, 2.24) is 4.90 Å². The van der Waals surface area contributed by atoms with Gasteiger partial charge in [-0.2, -0.15) is 0 Å². The molecular weight excluding hydrogens is 273 g/mol. The zero-order chi connectivity index (χ0) is 14.3. The number of ether oxygens (including phenoxy) is 1. The minimum Gasteiger partial charge on any atom is -0.254 e. The van der Waals surface area contributed by atoms with Gasteiger partial charge in [0, 0.05) is 0 Å². The Labute approximate surface area is 141 Å². The van der Waals surface area contributed by atoms with Gasteiger partial charge in [-0.15, -0.1) is 0 Å². The number of rotatable bonds is 0. The van der Waals surface area contributed by atoms with E-state index >= 15 is 0 Å². The van der Waals surface area contributed by atoms with E-state index in [-0.39, 0.29) is 11.7 Å². The molecule has 1 amide bonds. The molecule has 0 bridgehead atoms. The summed E-state index contributed by atoms with van der Waals surface area (Å²) in [6.07, 6.45) is 2.32. The number of nitrogens with zero attached hydrogens (tertiary/aromatic N) is 1. The second kappa shape index (κ2) is 8.84. The number of hydrogen-bond donors (Lipinski definition) is 0. The molecule has 0 aromatic heterocycles. The molecule has 0 aromatic carbocycles. The molecule has 100 valence electrons. The molecule has 0 spiro atoms. The Kier molecular flexibility index (Phi) is 9.21. The largest absolute Gasteiger partial charge is 0.762 e. The molecule has 1 atom stereocenters. The molecule has 1 fully saturated rings. The molecular formula is C10H18BF3KNO2. The summed E-state index contributed by atoms with van der Waals surface area (Å²) < 4.78 is 35.1. The fourth-order valence-electron chi connectivity index (χ4n) is 1.68. The van der Waals surface area contributed by atoms with E-state index in [9.17, 15) is 17.7 Å². The number of likely N-dealkylation sites (tertiary alicyclic amines) is 1. The van der Waals surface area contributed by atoms with Crippen LogP contribution in [-0.4, -0.2) is 86.2 Å². The van der Waals surface area contributed by atoms with Crippen molar-refractivity contribution in [3.8, 4) is 0 Å². The van der Waals surface area contributed by atoms with E-state index in [1.54, 1.807) is 0 Å². The maximum absolute atomic E-state index is 11.7. The summed E-state index contributed by atoms with van der Waals surface area (Å²) >= 11 is 0.827. The quantitative estimate of drug-likeness (QED) is 0.642. The monoisotopic (exact) mass is 291 g/mol. The first kappa shape index (κ1) is 18.8. The van der Waals surface area contributed by atoms with Gasteiger partial charge in [-0.3, -0.25) is 12.9 Å². The van der Waals surface area contributed by atoms with Crippen molar-refractivity contribution in [1.29, 1.82) is 0 Å². The Hall–Kier alpha value is 0.761.